The number of ether oxygens (including phenoxy) is 1. The topological polar surface area (TPSA) is 75.9 Å². The van der Waals surface area contributed by atoms with Crippen molar-refractivity contribution in [3.05, 3.63) is 68.7 Å². The van der Waals surface area contributed by atoms with Gasteiger partial charge in [0.2, 0.25) is 11.8 Å². The lowest BCUT2D eigenvalue weighted by molar-refractivity contribution is -0.154. The number of nitrogens with zero attached hydrogens (tertiary/aromatic N) is 2. The third-order valence-electron chi connectivity index (χ3n) is 9.10. The number of aryl methyl sites for hydroxylation is 2. The van der Waals surface area contributed by atoms with E-state index < -0.39 is 5.60 Å². The number of piperidine rings is 1. The highest BCUT2D eigenvalue weighted by atomic mass is 35.5. The summed E-state index contributed by atoms with van der Waals surface area (Å²) in [5.74, 6) is 0.370. The molecule has 2 heterocycles. The summed E-state index contributed by atoms with van der Waals surface area (Å²) >= 11 is 12.7. The van der Waals surface area contributed by atoms with E-state index >= 15 is 0 Å². The van der Waals surface area contributed by atoms with Crippen molar-refractivity contribution in [3.63, 3.8) is 0 Å². The standard InChI is InChI=1S/C31H39Cl2N3O3/c1-21-15-22(2)17-23(16-21)18-28(37)36-13-14-39-31(20-36,25-3-4-26(32)27(33)19-25)9-12-35-10-5-24(6-11-35)30(7-8-30)29(34)38/h3-4,15-17,19,24H,5-14,18,20H2,1-2H3,(H2,34,38). The van der Waals surface area contributed by atoms with Crippen molar-refractivity contribution in [1.29, 1.82) is 0 Å². The van der Waals surface area contributed by atoms with Crippen LogP contribution in [0, 0.1) is 25.2 Å². The number of amides is 2. The summed E-state index contributed by atoms with van der Waals surface area (Å²) in [6.45, 7) is 8.32. The van der Waals surface area contributed by atoms with E-state index in [9.17, 15) is 9.59 Å². The van der Waals surface area contributed by atoms with Crippen molar-refractivity contribution >= 4 is 35.0 Å². The fourth-order valence-electron chi connectivity index (χ4n) is 6.74. The summed E-state index contributed by atoms with van der Waals surface area (Å²) < 4.78 is 6.54. The van der Waals surface area contributed by atoms with Crippen LogP contribution in [-0.2, 0) is 26.3 Å². The van der Waals surface area contributed by atoms with Gasteiger partial charge in [-0.1, -0.05) is 58.6 Å². The monoisotopic (exact) mass is 571 g/mol. The Kier molecular flexibility index (Phi) is 8.30. The van der Waals surface area contributed by atoms with Gasteiger partial charge in [-0.05, 0) is 88.2 Å². The second-order valence-corrected chi connectivity index (χ2v) is 12.7. The molecule has 1 atom stereocenters. The number of halogens is 2. The first-order valence-electron chi connectivity index (χ1n) is 14.1. The minimum Gasteiger partial charge on any atom is -0.369 e. The van der Waals surface area contributed by atoms with Crippen LogP contribution < -0.4 is 5.73 Å². The molecule has 5 rings (SSSR count). The number of hydrogen-bond acceptors (Lipinski definition) is 4. The molecule has 3 fully saturated rings. The van der Waals surface area contributed by atoms with Gasteiger partial charge in [0.05, 0.1) is 35.0 Å². The van der Waals surface area contributed by atoms with Crippen LogP contribution in [0.4, 0.5) is 0 Å². The van der Waals surface area contributed by atoms with Crippen LogP contribution in [0.2, 0.25) is 10.0 Å². The van der Waals surface area contributed by atoms with Gasteiger partial charge < -0.3 is 20.3 Å². The number of rotatable bonds is 8. The van der Waals surface area contributed by atoms with Crippen molar-refractivity contribution in [2.45, 2.75) is 58.0 Å². The van der Waals surface area contributed by atoms with Crippen molar-refractivity contribution in [1.82, 2.24) is 9.80 Å². The van der Waals surface area contributed by atoms with E-state index in [4.69, 9.17) is 33.7 Å². The molecule has 2 aromatic carbocycles. The van der Waals surface area contributed by atoms with Crippen LogP contribution in [-0.4, -0.2) is 60.9 Å². The molecule has 2 aliphatic heterocycles. The number of hydrogen-bond donors (Lipinski definition) is 1. The van der Waals surface area contributed by atoms with Gasteiger partial charge in [0.25, 0.3) is 0 Å². The highest BCUT2D eigenvalue weighted by molar-refractivity contribution is 6.42. The van der Waals surface area contributed by atoms with Crippen LogP contribution >= 0.6 is 23.2 Å². The lowest BCUT2D eigenvalue weighted by atomic mass is 9.80. The number of carbonyl (C=O) groups excluding carboxylic acids is 2. The summed E-state index contributed by atoms with van der Waals surface area (Å²) in [4.78, 5) is 29.9. The molecule has 39 heavy (non-hydrogen) atoms. The third-order valence-corrected chi connectivity index (χ3v) is 9.84. The van der Waals surface area contributed by atoms with Crippen LogP contribution in [0.25, 0.3) is 0 Å². The molecule has 2 saturated heterocycles. The van der Waals surface area contributed by atoms with Crippen LogP contribution in [0.3, 0.4) is 0 Å². The summed E-state index contributed by atoms with van der Waals surface area (Å²) in [6, 6.07) is 12.0. The Morgan fingerprint density at radius 3 is 2.31 bits per heavy atom. The average Bonchev–Trinajstić information content (AvgIpc) is 3.71. The van der Waals surface area contributed by atoms with E-state index in [-0.39, 0.29) is 17.2 Å². The SMILES string of the molecule is Cc1cc(C)cc(CC(=O)N2CCOC(CCN3CCC(C4(C(N)=O)CC4)CC3)(c3ccc(Cl)c(Cl)c3)C2)c1. The number of likely N-dealkylation sites (tertiary alicyclic amines) is 1. The Labute approximate surface area is 241 Å². The molecule has 1 saturated carbocycles. The molecule has 0 aromatic heterocycles. The van der Waals surface area contributed by atoms with Crippen LogP contribution in [0.1, 0.15) is 54.4 Å². The number of morpholine rings is 1. The average molecular weight is 573 g/mol. The molecule has 0 spiro atoms. The molecule has 0 bridgehead atoms. The van der Waals surface area contributed by atoms with Crippen molar-refractivity contribution in [2.24, 2.45) is 17.1 Å². The summed E-state index contributed by atoms with van der Waals surface area (Å²) in [5, 5.41) is 0.984. The molecule has 2 amide bonds. The Hall–Kier alpha value is -2.12. The van der Waals surface area contributed by atoms with E-state index in [1.165, 1.54) is 0 Å². The van der Waals surface area contributed by atoms with Gasteiger partial charge in [0, 0.05) is 13.1 Å². The smallest absolute Gasteiger partial charge is 0.227 e. The summed E-state index contributed by atoms with van der Waals surface area (Å²) in [5.41, 5.74) is 9.12. The maximum Gasteiger partial charge on any atom is 0.227 e. The number of carbonyl (C=O) groups is 2. The van der Waals surface area contributed by atoms with E-state index in [0.717, 1.165) is 74.0 Å². The van der Waals surface area contributed by atoms with Gasteiger partial charge in [0.1, 0.15) is 5.60 Å². The first-order chi connectivity index (χ1) is 18.6. The van der Waals surface area contributed by atoms with E-state index in [2.05, 4.69) is 36.9 Å². The minimum absolute atomic E-state index is 0.106. The van der Waals surface area contributed by atoms with E-state index in [0.29, 0.717) is 42.1 Å². The first-order valence-corrected chi connectivity index (χ1v) is 14.8. The second-order valence-electron chi connectivity index (χ2n) is 11.8. The Balaban J connectivity index is 1.30. The lowest BCUT2D eigenvalue weighted by Gasteiger charge is -2.45. The van der Waals surface area contributed by atoms with E-state index in [1.54, 1.807) is 0 Å². The molecule has 0 radical (unpaired) electrons. The minimum atomic E-state index is -0.674. The molecule has 3 aliphatic rings. The highest BCUT2D eigenvalue weighted by Crippen LogP contribution is 2.55. The van der Waals surface area contributed by atoms with E-state index in [1.807, 2.05) is 23.1 Å². The predicted molar refractivity (Wildman–Crippen MR) is 155 cm³/mol. The predicted octanol–water partition coefficient (Wildman–Crippen LogP) is 5.27. The number of nitrogens with two attached hydrogens (primary N) is 1. The Morgan fingerprint density at radius 1 is 1.00 bits per heavy atom. The van der Waals surface area contributed by atoms with Crippen LogP contribution in [0.5, 0.6) is 0 Å². The Bertz CT molecular complexity index is 1220. The van der Waals surface area contributed by atoms with Crippen molar-refractivity contribution < 1.29 is 14.3 Å². The molecule has 2 aromatic rings. The van der Waals surface area contributed by atoms with Crippen LogP contribution in [0.15, 0.2) is 36.4 Å². The maximum atomic E-state index is 13.5. The van der Waals surface area contributed by atoms with Gasteiger partial charge in [-0.3, -0.25) is 9.59 Å². The molecule has 6 nitrogen and oxygen atoms in total. The second kappa shape index (κ2) is 11.4. The molecule has 2 N–H and O–H groups in total. The van der Waals surface area contributed by atoms with Gasteiger partial charge >= 0.3 is 0 Å². The fraction of sp³-hybridized carbons (Fsp3) is 0.548. The highest BCUT2D eigenvalue weighted by Gasteiger charge is 2.54. The van der Waals surface area contributed by atoms with Gasteiger partial charge in [0.15, 0.2) is 0 Å². The van der Waals surface area contributed by atoms with Gasteiger partial charge in [-0.15, -0.1) is 0 Å². The molecular formula is C31H39Cl2N3O3. The fourth-order valence-corrected chi connectivity index (χ4v) is 7.04. The molecule has 210 valence electrons. The summed E-state index contributed by atoms with van der Waals surface area (Å²) in [7, 11) is 0. The summed E-state index contributed by atoms with van der Waals surface area (Å²) in [6.07, 6.45) is 4.95. The zero-order valence-electron chi connectivity index (χ0n) is 23.0. The number of primary amides is 1. The quantitative estimate of drug-likeness (QED) is 0.468. The van der Waals surface area contributed by atoms with Gasteiger partial charge in [-0.2, -0.15) is 0 Å². The van der Waals surface area contributed by atoms with Crippen molar-refractivity contribution in [2.75, 3.05) is 39.3 Å². The lowest BCUT2D eigenvalue weighted by Crippen LogP contribution is -2.53. The molecule has 8 heteroatoms. The molecular weight excluding hydrogens is 533 g/mol. The molecule has 1 aliphatic carbocycles. The first kappa shape index (κ1) is 28.4. The third kappa shape index (κ3) is 6.14. The van der Waals surface area contributed by atoms with Crippen molar-refractivity contribution in [3.8, 4) is 0 Å². The molecule has 1 unspecified atom stereocenters. The maximum absolute atomic E-state index is 13.5. The number of benzene rings is 2. The zero-order chi connectivity index (χ0) is 27.8. The largest absolute Gasteiger partial charge is 0.369 e. The zero-order valence-corrected chi connectivity index (χ0v) is 24.5. The Morgan fingerprint density at radius 2 is 1.69 bits per heavy atom. The normalized spacial score (nSPS) is 23.5. The van der Waals surface area contributed by atoms with Gasteiger partial charge in [-0.25, -0.2) is 0 Å².